The molecule has 0 N–H and O–H groups in total. The molecule has 4 aliphatic heterocycles. The summed E-state index contributed by atoms with van der Waals surface area (Å²) in [6, 6.07) is 71.5. The molecule has 0 bridgehead atoms. The lowest BCUT2D eigenvalue weighted by molar-refractivity contribution is -0.390. The number of hydrogen-bond acceptors (Lipinski definition) is 20. The Bertz CT molecular complexity index is 3910. The first-order valence-electron chi connectivity index (χ1n) is 34.1. The Hall–Kier alpha value is -9.17. The molecule has 12 rings (SSSR count). The number of esters is 3. The third kappa shape index (κ3) is 19.1. The highest BCUT2D eigenvalue weighted by molar-refractivity contribution is 6.21. The van der Waals surface area contributed by atoms with Gasteiger partial charge in [-0.3, -0.25) is 28.9 Å². The SMILES string of the molecule is CC(=O)OC[C@H]1O[C@@H](O[C@H]2[C@@H](OCc3ccccc3)[C@@H](COCc3ccccc3)O[C@@H](O[C@H]3[C@H](OCc4ccccc4)[C@@H](OCc4ccccc4)[C@H](OCc4ccccc4)O[C@@H]3COCc3ccccc3)[C@@H]2OCc2ccccc2)[C@H](N2C(=O)c3ccccc3C2=O)[C@@H](OC(C)=O)[C@@H]1OC(C)=O. The van der Waals surface area contributed by atoms with E-state index in [0.29, 0.717) is 5.56 Å². The Labute approximate surface area is 592 Å². The number of nitrogens with zero attached hydrogens (tertiary/aromatic N) is 1. The van der Waals surface area contributed by atoms with Gasteiger partial charge in [-0.1, -0.05) is 224 Å². The summed E-state index contributed by atoms with van der Waals surface area (Å²) in [4.78, 5) is 71.1. The van der Waals surface area contributed by atoms with Crippen LogP contribution in [0.3, 0.4) is 0 Å². The van der Waals surface area contributed by atoms with Crippen LogP contribution < -0.4 is 0 Å². The topological polar surface area (TPSA) is 227 Å². The second-order valence-electron chi connectivity index (χ2n) is 25.1. The molecule has 21 nitrogen and oxygen atoms in total. The number of fused-ring (bicyclic) bond motifs is 1. The molecule has 0 radical (unpaired) electrons. The number of carbonyl (C=O) groups is 5. The van der Waals surface area contributed by atoms with E-state index in [1.807, 2.05) is 212 Å². The first kappa shape index (κ1) is 72.6. The average Bonchev–Trinajstić information content (AvgIpc) is 1.69. The van der Waals surface area contributed by atoms with E-state index in [0.717, 1.165) is 52.1 Å². The summed E-state index contributed by atoms with van der Waals surface area (Å²) < 4.78 is 104. The van der Waals surface area contributed by atoms with Crippen molar-refractivity contribution in [2.24, 2.45) is 0 Å². The van der Waals surface area contributed by atoms with Gasteiger partial charge in [0.2, 0.25) is 0 Å². The van der Waals surface area contributed by atoms with E-state index in [2.05, 4.69) is 0 Å². The molecule has 8 aromatic rings. The number of rotatable bonds is 32. The third-order valence-corrected chi connectivity index (χ3v) is 17.7. The zero-order chi connectivity index (χ0) is 70.6. The third-order valence-electron chi connectivity index (χ3n) is 17.7. The van der Waals surface area contributed by atoms with Crippen LogP contribution in [-0.2, 0) is 132 Å². The van der Waals surface area contributed by atoms with E-state index < -0.39 is 128 Å². The molecule has 102 heavy (non-hydrogen) atoms. The molecule has 0 unspecified atom stereocenters. The van der Waals surface area contributed by atoms with E-state index in [4.69, 9.17) is 71.1 Å². The molecule has 4 heterocycles. The van der Waals surface area contributed by atoms with Crippen molar-refractivity contribution in [1.82, 2.24) is 4.90 Å². The maximum absolute atomic E-state index is 15.2. The van der Waals surface area contributed by atoms with Crippen molar-refractivity contribution in [1.29, 1.82) is 0 Å². The lowest BCUT2D eigenvalue weighted by atomic mass is 9.93. The van der Waals surface area contributed by atoms with Crippen molar-refractivity contribution < 1.29 is 95.0 Å². The summed E-state index contributed by atoms with van der Waals surface area (Å²) >= 11 is 0. The summed E-state index contributed by atoms with van der Waals surface area (Å²) in [6.07, 6.45) is -19.2. The van der Waals surface area contributed by atoms with Gasteiger partial charge in [0.1, 0.15) is 67.6 Å². The van der Waals surface area contributed by atoms with Crippen LogP contribution in [0.2, 0.25) is 0 Å². The van der Waals surface area contributed by atoms with Gasteiger partial charge in [-0.15, -0.1) is 0 Å². The quantitative estimate of drug-likeness (QED) is 0.0217. The number of amides is 2. The maximum atomic E-state index is 15.2. The summed E-state index contributed by atoms with van der Waals surface area (Å²) in [5.74, 6) is -4.10. The lowest BCUT2D eigenvalue weighted by Gasteiger charge is -2.52. The van der Waals surface area contributed by atoms with Gasteiger partial charge in [-0.05, 0) is 51.1 Å². The molecule has 0 spiro atoms. The molecule has 0 saturated carbocycles. The molecule has 15 atom stereocenters. The molecule has 21 heteroatoms. The van der Waals surface area contributed by atoms with Crippen LogP contribution in [-0.4, -0.2) is 146 Å². The molecular formula is C81H83NO20. The summed E-state index contributed by atoms with van der Waals surface area (Å²) in [5.41, 5.74) is 5.81. The monoisotopic (exact) mass is 1390 g/mol. The van der Waals surface area contributed by atoms with Crippen molar-refractivity contribution in [2.75, 3.05) is 19.8 Å². The van der Waals surface area contributed by atoms with Gasteiger partial charge in [-0.25, -0.2) is 0 Å². The summed E-state index contributed by atoms with van der Waals surface area (Å²) in [7, 11) is 0. The molecule has 0 aliphatic carbocycles. The van der Waals surface area contributed by atoms with E-state index in [-0.39, 0.29) is 70.6 Å². The van der Waals surface area contributed by atoms with Crippen molar-refractivity contribution in [3.8, 4) is 0 Å². The van der Waals surface area contributed by atoms with Crippen LogP contribution in [0.1, 0.15) is 80.4 Å². The minimum absolute atomic E-state index is 0.0250. The number of benzene rings is 8. The second kappa shape index (κ2) is 36.1. The number of hydrogen-bond donors (Lipinski definition) is 0. The van der Waals surface area contributed by atoms with Gasteiger partial charge in [-0.2, -0.15) is 0 Å². The van der Waals surface area contributed by atoms with E-state index in [1.165, 1.54) is 19.1 Å². The number of imide groups is 1. The first-order valence-corrected chi connectivity index (χ1v) is 34.1. The first-order chi connectivity index (χ1) is 49.9. The van der Waals surface area contributed by atoms with E-state index >= 15 is 9.59 Å². The highest BCUT2D eigenvalue weighted by Crippen LogP contribution is 2.41. The van der Waals surface area contributed by atoms with Gasteiger partial charge in [0.05, 0.1) is 70.6 Å². The molecule has 8 aromatic carbocycles. The van der Waals surface area contributed by atoms with Crippen LogP contribution in [0.25, 0.3) is 0 Å². The maximum Gasteiger partial charge on any atom is 0.303 e. The Morgan fingerprint density at radius 1 is 0.314 bits per heavy atom. The second-order valence-corrected chi connectivity index (χ2v) is 25.1. The van der Waals surface area contributed by atoms with Gasteiger partial charge in [0.25, 0.3) is 11.8 Å². The van der Waals surface area contributed by atoms with E-state index in [1.54, 1.807) is 12.1 Å². The van der Waals surface area contributed by atoms with Crippen LogP contribution in [0.5, 0.6) is 0 Å². The fourth-order valence-corrected chi connectivity index (χ4v) is 12.9. The Morgan fingerprint density at radius 3 is 1.06 bits per heavy atom. The predicted molar refractivity (Wildman–Crippen MR) is 368 cm³/mol. The molecule has 4 aliphatic rings. The van der Waals surface area contributed by atoms with Crippen LogP contribution in [0.4, 0.5) is 0 Å². The molecule has 0 aromatic heterocycles. The molecular weight excluding hydrogens is 1310 g/mol. The minimum atomic E-state index is -1.89. The number of ether oxygens (including phenoxy) is 15. The largest absolute Gasteiger partial charge is 0.463 e. The molecule has 532 valence electrons. The Balaban J connectivity index is 1.03. The average molecular weight is 1390 g/mol. The zero-order valence-corrected chi connectivity index (χ0v) is 56.9. The fraction of sp³-hybridized carbons (Fsp3) is 0.346. The Morgan fingerprint density at radius 2 is 0.637 bits per heavy atom. The standard InChI is InChI=1S/C81H83NO20/c1-53(83)90-52-67-70(96-54(2)84)72(97-55(3)85)68(82-77(86)63-41-25-26-42-64(63)78(82)87)79(98-67)102-74-69(91-45-58-31-15-6-16-32-58)65(50-88-43-56-27-11-4-12-28-56)100-81(76(74)94-48-61-37-21-9-22-38-61)101-71-66(51-89-44-57-29-13-5-14-30-57)99-80(95-49-62-39-23-10-24-40-62)75(93-47-60-35-19-8-20-36-60)73(71)92-46-59-33-17-7-18-34-59/h4-42,65-76,79-81H,43-52H2,1-3H3/t65-,66-,67-,68-,69+,70-,71-,72-,73+,74+,75-,76-,79+,80-,81+/m1/s1. The van der Waals surface area contributed by atoms with Crippen LogP contribution >= 0.6 is 0 Å². The highest BCUT2D eigenvalue weighted by atomic mass is 16.8. The lowest BCUT2D eigenvalue weighted by Crippen LogP contribution is -2.70. The fourth-order valence-electron chi connectivity index (χ4n) is 12.9. The van der Waals surface area contributed by atoms with Gasteiger partial charge >= 0.3 is 17.9 Å². The van der Waals surface area contributed by atoms with Crippen LogP contribution in [0.15, 0.2) is 237 Å². The smallest absolute Gasteiger partial charge is 0.303 e. The van der Waals surface area contributed by atoms with Gasteiger partial charge < -0.3 is 71.1 Å². The van der Waals surface area contributed by atoms with Gasteiger partial charge in [0, 0.05) is 20.8 Å². The van der Waals surface area contributed by atoms with Crippen molar-refractivity contribution in [3.63, 3.8) is 0 Å². The van der Waals surface area contributed by atoms with Crippen molar-refractivity contribution in [2.45, 2.75) is 159 Å². The number of carbonyl (C=O) groups excluding carboxylic acids is 5. The normalized spacial score (nSPS) is 25.5. The zero-order valence-electron chi connectivity index (χ0n) is 56.9. The minimum Gasteiger partial charge on any atom is -0.463 e. The summed E-state index contributed by atoms with van der Waals surface area (Å²) in [6.45, 7) is 2.93. The molecule has 3 saturated heterocycles. The predicted octanol–water partition coefficient (Wildman–Crippen LogP) is 11.0. The summed E-state index contributed by atoms with van der Waals surface area (Å²) in [5, 5.41) is 0. The van der Waals surface area contributed by atoms with E-state index in [9.17, 15) is 14.4 Å². The van der Waals surface area contributed by atoms with Crippen LogP contribution in [0, 0.1) is 0 Å². The van der Waals surface area contributed by atoms with Crippen molar-refractivity contribution >= 4 is 29.7 Å². The Kier molecular flexibility index (Phi) is 25.7. The van der Waals surface area contributed by atoms with Crippen molar-refractivity contribution in [3.05, 3.63) is 287 Å². The highest BCUT2D eigenvalue weighted by Gasteiger charge is 2.61. The molecule has 3 fully saturated rings. The van der Waals surface area contributed by atoms with Gasteiger partial charge in [0.15, 0.2) is 31.1 Å². The molecule has 2 amide bonds.